The quantitative estimate of drug-likeness (QED) is 0.542. The van der Waals surface area contributed by atoms with Gasteiger partial charge in [0.15, 0.2) is 0 Å². The van der Waals surface area contributed by atoms with E-state index in [2.05, 4.69) is 59.7 Å². The molecule has 0 aliphatic carbocycles. The van der Waals surface area contributed by atoms with E-state index in [0.29, 0.717) is 24.0 Å². The average Bonchev–Trinajstić information content (AvgIpc) is 2.64. The number of hydrogen-bond acceptors (Lipinski definition) is 4. The number of hydrogen-bond donors (Lipinski definition) is 1. The van der Waals surface area contributed by atoms with Crippen molar-refractivity contribution < 1.29 is 22.4 Å². The standard InChI is InChI=1S/C23H32O2.CH4O3S/c1-14(2)17-11-19(15(3)4)23(20(12-17)16(5)6)21-13-18(24-7)9-10-22(21)25-8;1-5(2,3)4/h9-16H,1-8H3;1H3,(H,2,3,4). The molecule has 0 unspecified atom stereocenters. The van der Waals surface area contributed by atoms with E-state index in [0.717, 1.165) is 17.1 Å². The zero-order valence-corrected chi connectivity index (χ0v) is 20.4. The third kappa shape index (κ3) is 7.33. The van der Waals surface area contributed by atoms with Crippen LogP contribution >= 0.6 is 0 Å². The molecular formula is C24H36O5S. The van der Waals surface area contributed by atoms with Crippen molar-refractivity contribution >= 4 is 10.1 Å². The van der Waals surface area contributed by atoms with Crippen molar-refractivity contribution in [2.45, 2.75) is 59.3 Å². The van der Waals surface area contributed by atoms with Gasteiger partial charge in [-0.15, -0.1) is 0 Å². The molecule has 5 nitrogen and oxygen atoms in total. The largest absolute Gasteiger partial charge is 0.497 e. The van der Waals surface area contributed by atoms with Gasteiger partial charge in [0.05, 0.1) is 20.5 Å². The van der Waals surface area contributed by atoms with Crippen LogP contribution in [0, 0.1) is 0 Å². The molecular weight excluding hydrogens is 400 g/mol. The molecule has 1 N–H and O–H groups in total. The zero-order chi connectivity index (χ0) is 23.2. The third-order valence-corrected chi connectivity index (χ3v) is 4.81. The van der Waals surface area contributed by atoms with Gasteiger partial charge in [-0.3, -0.25) is 4.55 Å². The molecule has 0 saturated heterocycles. The van der Waals surface area contributed by atoms with Crippen molar-refractivity contribution in [2.24, 2.45) is 0 Å². The highest BCUT2D eigenvalue weighted by atomic mass is 32.2. The van der Waals surface area contributed by atoms with Gasteiger partial charge in [-0.2, -0.15) is 8.42 Å². The summed E-state index contributed by atoms with van der Waals surface area (Å²) < 4.78 is 37.0. The van der Waals surface area contributed by atoms with E-state index in [4.69, 9.17) is 14.0 Å². The smallest absolute Gasteiger partial charge is 0.261 e. The summed E-state index contributed by atoms with van der Waals surface area (Å²) in [5, 5.41) is 0. The molecule has 2 aromatic carbocycles. The second kappa shape index (κ2) is 10.8. The SMILES string of the molecule is COc1ccc(OC)c(-c2c(C(C)C)cc(C(C)C)cc2C(C)C)c1.CS(=O)(=O)O. The lowest BCUT2D eigenvalue weighted by Gasteiger charge is -2.24. The summed E-state index contributed by atoms with van der Waals surface area (Å²) in [6.07, 6.45) is 0.715. The summed E-state index contributed by atoms with van der Waals surface area (Å²) in [6, 6.07) is 10.8. The Morgan fingerprint density at radius 1 is 0.800 bits per heavy atom. The molecule has 0 amide bonds. The molecule has 0 radical (unpaired) electrons. The predicted octanol–water partition coefficient (Wildman–Crippen LogP) is 6.25. The van der Waals surface area contributed by atoms with Crippen LogP contribution < -0.4 is 9.47 Å². The zero-order valence-electron chi connectivity index (χ0n) is 19.6. The maximum Gasteiger partial charge on any atom is 0.261 e. The summed E-state index contributed by atoms with van der Waals surface area (Å²) >= 11 is 0. The Hall–Kier alpha value is -2.05. The minimum Gasteiger partial charge on any atom is -0.497 e. The topological polar surface area (TPSA) is 72.8 Å². The Bertz CT molecular complexity index is 907. The van der Waals surface area contributed by atoms with Crippen LogP contribution in [0.4, 0.5) is 0 Å². The van der Waals surface area contributed by atoms with Crippen LogP contribution in [0.25, 0.3) is 11.1 Å². The summed E-state index contributed by atoms with van der Waals surface area (Å²) in [6.45, 7) is 13.6. The first-order valence-electron chi connectivity index (χ1n) is 10.1. The van der Waals surface area contributed by atoms with E-state index in [1.54, 1.807) is 14.2 Å². The summed E-state index contributed by atoms with van der Waals surface area (Å²) in [5.41, 5.74) is 6.57. The maximum absolute atomic E-state index is 9.19. The van der Waals surface area contributed by atoms with E-state index in [9.17, 15) is 8.42 Å². The molecule has 0 bridgehead atoms. The Balaban J connectivity index is 0.000000804. The summed E-state index contributed by atoms with van der Waals surface area (Å²) in [5.74, 6) is 3.12. The molecule has 0 fully saturated rings. The van der Waals surface area contributed by atoms with E-state index >= 15 is 0 Å². The fraction of sp³-hybridized carbons (Fsp3) is 0.500. The first-order valence-corrected chi connectivity index (χ1v) is 12.0. The van der Waals surface area contributed by atoms with Gasteiger partial charge in [0.1, 0.15) is 11.5 Å². The second-order valence-electron chi connectivity index (χ2n) is 8.34. The van der Waals surface area contributed by atoms with E-state index < -0.39 is 10.1 Å². The van der Waals surface area contributed by atoms with Crippen LogP contribution in [0.1, 0.15) is 76.0 Å². The van der Waals surface area contributed by atoms with E-state index in [-0.39, 0.29) is 0 Å². The van der Waals surface area contributed by atoms with Gasteiger partial charge in [0.25, 0.3) is 10.1 Å². The molecule has 30 heavy (non-hydrogen) atoms. The van der Waals surface area contributed by atoms with Crippen LogP contribution in [-0.4, -0.2) is 33.4 Å². The lowest BCUT2D eigenvalue weighted by molar-refractivity contribution is 0.404. The highest BCUT2D eigenvalue weighted by Gasteiger charge is 2.21. The first-order chi connectivity index (χ1) is 13.8. The molecule has 2 aromatic rings. The molecule has 168 valence electrons. The van der Waals surface area contributed by atoms with Crippen molar-refractivity contribution in [3.63, 3.8) is 0 Å². The van der Waals surface area contributed by atoms with E-state index in [1.807, 2.05) is 12.1 Å². The minimum atomic E-state index is -3.67. The number of benzene rings is 2. The molecule has 0 heterocycles. The molecule has 0 atom stereocenters. The summed E-state index contributed by atoms with van der Waals surface area (Å²) in [7, 11) is -0.224. The van der Waals surface area contributed by atoms with Crippen LogP contribution in [-0.2, 0) is 10.1 Å². The average molecular weight is 437 g/mol. The number of ether oxygens (including phenoxy) is 2. The fourth-order valence-corrected chi connectivity index (χ4v) is 3.28. The van der Waals surface area contributed by atoms with Crippen LogP contribution in [0.15, 0.2) is 30.3 Å². The molecule has 0 aromatic heterocycles. The van der Waals surface area contributed by atoms with Gasteiger partial charge in [-0.05, 0) is 58.2 Å². The molecule has 0 spiro atoms. The molecule has 0 saturated carbocycles. The fourth-order valence-electron chi connectivity index (χ4n) is 3.28. The summed E-state index contributed by atoms with van der Waals surface area (Å²) in [4.78, 5) is 0. The van der Waals surface area contributed by atoms with Gasteiger partial charge >= 0.3 is 0 Å². The Kier molecular flexibility index (Phi) is 9.37. The molecule has 0 aliphatic heterocycles. The Labute approximate surface area is 182 Å². The maximum atomic E-state index is 9.19. The normalized spacial score (nSPS) is 11.5. The Morgan fingerprint density at radius 3 is 1.60 bits per heavy atom. The monoisotopic (exact) mass is 436 g/mol. The van der Waals surface area contributed by atoms with E-state index in [1.165, 1.54) is 22.3 Å². The molecule has 0 aliphatic rings. The van der Waals surface area contributed by atoms with Crippen molar-refractivity contribution in [2.75, 3.05) is 20.5 Å². The molecule has 6 heteroatoms. The lowest BCUT2D eigenvalue weighted by Crippen LogP contribution is -2.04. The van der Waals surface area contributed by atoms with Gasteiger partial charge < -0.3 is 9.47 Å². The molecule has 2 rings (SSSR count). The van der Waals surface area contributed by atoms with Gasteiger partial charge in [0.2, 0.25) is 0 Å². The number of methoxy groups -OCH3 is 2. The van der Waals surface area contributed by atoms with Crippen molar-refractivity contribution in [1.29, 1.82) is 0 Å². The van der Waals surface area contributed by atoms with Crippen LogP contribution in [0.2, 0.25) is 0 Å². The lowest BCUT2D eigenvalue weighted by atomic mass is 9.81. The van der Waals surface area contributed by atoms with Crippen molar-refractivity contribution in [3.8, 4) is 22.6 Å². The highest BCUT2D eigenvalue weighted by Crippen LogP contribution is 2.43. The number of rotatable bonds is 6. The van der Waals surface area contributed by atoms with Crippen LogP contribution in [0.5, 0.6) is 11.5 Å². The van der Waals surface area contributed by atoms with Crippen molar-refractivity contribution in [1.82, 2.24) is 0 Å². The van der Waals surface area contributed by atoms with Gasteiger partial charge in [0, 0.05) is 5.56 Å². The second-order valence-corrected chi connectivity index (χ2v) is 9.80. The van der Waals surface area contributed by atoms with Crippen molar-refractivity contribution in [3.05, 3.63) is 47.0 Å². The highest BCUT2D eigenvalue weighted by molar-refractivity contribution is 7.85. The minimum absolute atomic E-state index is 0.433. The van der Waals surface area contributed by atoms with Gasteiger partial charge in [-0.1, -0.05) is 53.7 Å². The first kappa shape index (κ1) is 26.0. The third-order valence-electron chi connectivity index (χ3n) is 4.81. The van der Waals surface area contributed by atoms with Crippen LogP contribution in [0.3, 0.4) is 0 Å². The van der Waals surface area contributed by atoms with Gasteiger partial charge in [-0.25, -0.2) is 0 Å². The predicted molar refractivity (Wildman–Crippen MR) is 125 cm³/mol. The Morgan fingerprint density at radius 2 is 1.27 bits per heavy atom.